The Hall–Kier alpha value is -3.54. The van der Waals surface area contributed by atoms with Crippen LogP contribution in [-0.2, 0) is 6.42 Å². The number of nitrogens with zero attached hydrogens (tertiary/aromatic N) is 1. The number of carbonyl (C=O) groups is 1. The van der Waals surface area contributed by atoms with E-state index in [9.17, 15) is 4.79 Å². The number of nitrogens with one attached hydrogen (secondary N) is 2. The zero-order chi connectivity index (χ0) is 19.9. The summed E-state index contributed by atoms with van der Waals surface area (Å²) in [4.78, 5) is 16.8. The number of pyridine rings is 1. The molecule has 144 valence electrons. The molecule has 0 atom stereocenters. The second-order valence-electron chi connectivity index (χ2n) is 6.09. The zero-order valence-corrected chi connectivity index (χ0v) is 16.2. The fourth-order valence-corrected chi connectivity index (χ4v) is 2.81. The quantitative estimate of drug-likeness (QED) is 0.627. The molecule has 28 heavy (non-hydrogen) atoms. The summed E-state index contributed by atoms with van der Waals surface area (Å²) in [5.74, 6) is 1.26. The number of benzene rings is 2. The Morgan fingerprint density at radius 2 is 1.79 bits per heavy atom. The first-order valence-corrected chi connectivity index (χ1v) is 8.99. The van der Waals surface area contributed by atoms with Gasteiger partial charge in [0.05, 0.1) is 26.1 Å². The fourth-order valence-electron chi connectivity index (χ4n) is 2.81. The molecule has 2 aromatic carbocycles. The van der Waals surface area contributed by atoms with Gasteiger partial charge in [-0.3, -0.25) is 4.79 Å². The monoisotopic (exact) mass is 377 g/mol. The number of carbonyl (C=O) groups excluding carboxylic acids is 1. The van der Waals surface area contributed by atoms with Crippen molar-refractivity contribution >= 4 is 23.1 Å². The van der Waals surface area contributed by atoms with Crippen LogP contribution in [0.1, 0.15) is 22.8 Å². The van der Waals surface area contributed by atoms with Gasteiger partial charge in [-0.25, -0.2) is 4.98 Å². The molecule has 0 fully saturated rings. The van der Waals surface area contributed by atoms with E-state index in [1.807, 2.05) is 24.3 Å². The number of rotatable bonds is 7. The summed E-state index contributed by atoms with van der Waals surface area (Å²) in [5.41, 5.74) is 3.59. The van der Waals surface area contributed by atoms with Gasteiger partial charge in [0.15, 0.2) is 11.5 Å². The number of para-hydroxylation sites is 1. The van der Waals surface area contributed by atoms with Gasteiger partial charge in [0, 0.05) is 11.3 Å². The van der Waals surface area contributed by atoms with Gasteiger partial charge in [0.1, 0.15) is 5.82 Å². The van der Waals surface area contributed by atoms with E-state index in [0.29, 0.717) is 22.9 Å². The van der Waals surface area contributed by atoms with Gasteiger partial charge in [0.2, 0.25) is 0 Å². The molecule has 3 rings (SSSR count). The van der Waals surface area contributed by atoms with Gasteiger partial charge >= 0.3 is 0 Å². The standard InChI is InChI=1S/C22H23N3O3/c1-4-15-7-5-6-8-18(15)24-17-10-12-21(23-14-17)25-22(26)16-9-11-19(27-2)20(13-16)28-3/h5-14,24H,4H2,1-3H3,(H,23,25,26). The molecule has 0 saturated heterocycles. The van der Waals surface area contributed by atoms with Gasteiger partial charge in [-0.05, 0) is 48.4 Å². The predicted octanol–water partition coefficient (Wildman–Crippen LogP) is 4.66. The van der Waals surface area contributed by atoms with E-state index in [2.05, 4.69) is 28.6 Å². The summed E-state index contributed by atoms with van der Waals surface area (Å²) >= 11 is 0. The lowest BCUT2D eigenvalue weighted by Gasteiger charge is -2.12. The molecule has 6 nitrogen and oxygen atoms in total. The van der Waals surface area contributed by atoms with Crippen molar-refractivity contribution in [3.05, 3.63) is 71.9 Å². The second-order valence-corrected chi connectivity index (χ2v) is 6.09. The zero-order valence-electron chi connectivity index (χ0n) is 16.2. The summed E-state index contributed by atoms with van der Waals surface area (Å²) in [6.45, 7) is 2.12. The number of anilines is 3. The summed E-state index contributed by atoms with van der Waals surface area (Å²) in [6.07, 6.45) is 2.63. The highest BCUT2D eigenvalue weighted by molar-refractivity contribution is 6.04. The lowest BCUT2D eigenvalue weighted by Crippen LogP contribution is -2.13. The van der Waals surface area contributed by atoms with Crippen molar-refractivity contribution in [3.63, 3.8) is 0 Å². The van der Waals surface area contributed by atoms with Gasteiger partial charge in [0.25, 0.3) is 5.91 Å². The van der Waals surface area contributed by atoms with Crippen molar-refractivity contribution in [2.45, 2.75) is 13.3 Å². The molecule has 1 aromatic heterocycles. The molecule has 0 aliphatic carbocycles. The topological polar surface area (TPSA) is 72.5 Å². The molecule has 3 aromatic rings. The van der Waals surface area contributed by atoms with Crippen molar-refractivity contribution < 1.29 is 14.3 Å². The van der Waals surface area contributed by atoms with E-state index < -0.39 is 0 Å². The minimum absolute atomic E-state index is 0.273. The largest absolute Gasteiger partial charge is 0.493 e. The van der Waals surface area contributed by atoms with Crippen LogP contribution in [0.4, 0.5) is 17.2 Å². The van der Waals surface area contributed by atoms with Crippen LogP contribution < -0.4 is 20.1 Å². The first-order chi connectivity index (χ1) is 13.6. The first-order valence-electron chi connectivity index (χ1n) is 8.99. The molecule has 0 aliphatic rings. The molecule has 0 bridgehead atoms. The number of aryl methyl sites for hydroxylation is 1. The third-order valence-electron chi connectivity index (χ3n) is 4.33. The van der Waals surface area contributed by atoms with Crippen LogP contribution in [0.15, 0.2) is 60.8 Å². The number of amides is 1. The molecule has 1 heterocycles. The maximum absolute atomic E-state index is 12.5. The molecular formula is C22H23N3O3. The third-order valence-corrected chi connectivity index (χ3v) is 4.33. The minimum Gasteiger partial charge on any atom is -0.493 e. The lowest BCUT2D eigenvalue weighted by molar-refractivity contribution is 0.102. The summed E-state index contributed by atoms with van der Waals surface area (Å²) < 4.78 is 10.4. The van der Waals surface area contributed by atoms with Crippen LogP contribution in [0.3, 0.4) is 0 Å². The van der Waals surface area contributed by atoms with E-state index >= 15 is 0 Å². The summed E-state index contributed by atoms with van der Waals surface area (Å²) in [6, 6.07) is 16.8. The Labute approximate surface area is 164 Å². The Morgan fingerprint density at radius 1 is 1.00 bits per heavy atom. The van der Waals surface area contributed by atoms with Crippen LogP contribution in [0.2, 0.25) is 0 Å². The van der Waals surface area contributed by atoms with Gasteiger partial charge in [-0.1, -0.05) is 25.1 Å². The highest BCUT2D eigenvalue weighted by Gasteiger charge is 2.11. The van der Waals surface area contributed by atoms with Crippen LogP contribution >= 0.6 is 0 Å². The molecular weight excluding hydrogens is 354 g/mol. The number of methoxy groups -OCH3 is 2. The molecule has 6 heteroatoms. The van der Waals surface area contributed by atoms with E-state index in [1.165, 1.54) is 12.7 Å². The Morgan fingerprint density at radius 3 is 2.46 bits per heavy atom. The Kier molecular flexibility index (Phi) is 6.11. The number of hydrogen-bond acceptors (Lipinski definition) is 5. The van der Waals surface area contributed by atoms with Crippen LogP contribution in [-0.4, -0.2) is 25.1 Å². The smallest absolute Gasteiger partial charge is 0.256 e. The van der Waals surface area contributed by atoms with E-state index in [1.54, 1.807) is 37.6 Å². The lowest BCUT2D eigenvalue weighted by atomic mass is 10.1. The maximum Gasteiger partial charge on any atom is 0.256 e. The second kappa shape index (κ2) is 8.90. The van der Waals surface area contributed by atoms with Crippen LogP contribution in [0, 0.1) is 0 Å². The van der Waals surface area contributed by atoms with Crippen LogP contribution in [0.25, 0.3) is 0 Å². The van der Waals surface area contributed by atoms with E-state index in [-0.39, 0.29) is 5.91 Å². The molecule has 0 radical (unpaired) electrons. The van der Waals surface area contributed by atoms with Crippen LogP contribution in [0.5, 0.6) is 11.5 Å². The normalized spacial score (nSPS) is 10.2. The Bertz CT molecular complexity index is 955. The average molecular weight is 377 g/mol. The van der Waals surface area contributed by atoms with Gasteiger partial charge < -0.3 is 20.1 Å². The molecule has 2 N–H and O–H groups in total. The van der Waals surface area contributed by atoms with Crippen molar-refractivity contribution in [1.29, 1.82) is 0 Å². The number of hydrogen-bond donors (Lipinski definition) is 2. The van der Waals surface area contributed by atoms with Crippen molar-refractivity contribution in [2.24, 2.45) is 0 Å². The van der Waals surface area contributed by atoms with Crippen molar-refractivity contribution in [2.75, 3.05) is 24.9 Å². The highest BCUT2D eigenvalue weighted by atomic mass is 16.5. The molecule has 0 saturated carbocycles. The summed E-state index contributed by atoms with van der Waals surface area (Å²) in [7, 11) is 3.08. The van der Waals surface area contributed by atoms with Crippen molar-refractivity contribution in [3.8, 4) is 11.5 Å². The SMILES string of the molecule is CCc1ccccc1Nc1ccc(NC(=O)c2ccc(OC)c(OC)c2)nc1. The molecule has 0 aliphatic heterocycles. The van der Waals surface area contributed by atoms with Crippen molar-refractivity contribution in [1.82, 2.24) is 4.98 Å². The average Bonchev–Trinajstić information content (AvgIpc) is 2.74. The Balaban J connectivity index is 1.69. The third kappa shape index (κ3) is 4.40. The molecule has 0 spiro atoms. The first kappa shape index (κ1) is 19.2. The number of ether oxygens (including phenoxy) is 2. The molecule has 1 amide bonds. The molecule has 0 unspecified atom stereocenters. The summed E-state index contributed by atoms with van der Waals surface area (Å²) in [5, 5.41) is 6.14. The predicted molar refractivity (Wildman–Crippen MR) is 111 cm³/mol. The van der Waals surface area contributed by atoms with E-state index in [4.69, 9.17) is 9.47 Å². The number of aromatic nitrogens is 1. The minimum atomic E-state index is -0.273. The maximum atomic E-state index is 12.5. The van der Waals surface area contributed by atoms with Gasteiger partial charge in [-0.2, -0.15) is 0 Å². The van der Waals surface area contributed by atoms with Gasteiger partial charge in [-0.15, -0.1) is 0 Å². The highest BCUT2D eigenvalue weighted by Crippen LogP contribution is 2.28. The van der Waals surface area contributed by atoms with E-state index in [0.717, 1.165) is 17.8 Å². The fraction of sp³-hybridized carbons (Fsp3) is 0.182.